The van der Waals surface area contributed by atoms with Gasteiger partial charge in [-0.3, -0.25) is 9.59 Å². The second kappa shape index (κ2) is 9.40. The maximum absolute atomic E-state index is 12.8. The van der Waals surface area contributed by atoms with Crippen molar-refractivity contribution in [3.05, 3.63) is 65.7 Å². The van der Waals surface area contributed by atoms with Gasteiger partial charge in [0.05, 0.1) is 29.5 Å². The Kier molecular flexibility index (Phi) is 6.89. The Morgan fingerprint density at radius 2 is 1.73 bits per heavy atom. The average Bonchev–Trinajstić information content (AvgIpc) is 2.74. The quantitative estimate of drug-likeness (QED) is 0.738. The zero-order chi connectivity index (χ0) is 21.7. The molecule has 1 fully saturated rings. The maximum Gasteiger partial charge on any atom is 0.253 e. The van der Waals surface area contributed by atoms with Gasteiger partial charge in [0.15, 0.2) is 0 Å². The predicted molar refractivity (Wildman–Crippen MR) is 117 cm³/mol. The van der Waals surface area contributed by atoms with Crippen LogP contribution in [-0.4, -0.2) is 43.9 Å². The van der Waals surface area contributed by atoms with Crippen molar-refractivity contribution in [3.8, 4) is 0 Å². The van der Waals surface area contributed by atoms with E-state index in [0.717, 1.165) is 11.8 Å². The summed E-state index contributed by atoms with van der Waals surface area (Å²) in [5.41, 5.74) is 1.76. The molecule has 0 unspecified atom stereocenters. The Hall–Kier alpha value is -2.71. The molecule has 30 heavy (non-hydrogen) atoms. The van der Waals surface area contributed by atoms with Crippen LogP contribution >= 0.6 is 0 Å². The Morgan fingerprint density at radius 3 is 2.43 bits per heavy atom. The summed E-state index contributed by atoms with van der Waals surface area (Å²) in [5, 5.41) is 5.78. The van der Waals surface area contributed by atoms with E-state index < -0.39 is 15.9 Å². The molecule has 7 nitrogen and oxygen atoms in total. The van der Waals surface area contributed by atoms with Crippen molar-refractivity contribution in [2.75, 3.05) is 24.7 Å². The van der Waals surface area contributed by atoms with Gasteiger partial charge in [-0.25, -0.2) is 12.7 Å². The summed E-state index contributed by atoms with van der Waals surface area (Å²) in [6.45, 7) is 2.49. The molecule has 0 spiro atoms. The molecule has 1 heterocycles. The fourth-order valence-corrected chi connectivity index (χ4v) is 4.49. The second-order valence-corrected chi connectivity index (χ2v) is 9.58. The van der Waals surface area contributed by atoms with Gasteiger partial charge in [-0.15, -0.1) is 0 Å². The first-order valence-corrected chi connectivity index (χ1v) is 11.8. The average molecular weight is 430 g/mol. The molecule has 1 saturated heterocycles. The molecule has 1 aliphatic heterocycles. The van der Waals surface area contributed by atoms with Crippen LogP contribution in [0.4, 0.5) is 5.69 Å². The number of hydrogen-bond acceptors (Lipinski definition) is 4. The number of benzene rings is 2. The Bertz CT molecular complexity index is 1010. The molecule has 8 heteroatoms. The van der Waals surface area contributed by atoms with Crippen LogP contribution in [0, 0.1) is 5.92 Å². The predicted octanol–water partition coefficient (Wildman–Crippen LogP) is 2.79. The van der Waals surface area contributed by atoms with Gasteiger partial charge in [-0.1, -0.05) is 42.5 Å². The van der Waals surface area contributed by atoms with Gasteiger partial charge in [0.2, 0.25) is 15.9 Å². The monoisotopic (exact) mass is 429 g/mol. The minimum atomic E-state index is -3.34. The number of rotatable bonds is 6. The fraction of sp³-hybridized carbons (Fsp3) is 0.364. The minimum absolute atomic E-state index is 0.157. The first kappa shape index (κ1) is 22.0. The molecular formula is C22H27N3O4S. The highest BCUT2D eigenvalue weighted by Gasteiger charge is 2.30. The number of sulfonamides is 1. The number of carbonyl (C=O) groups is 2. The number of carbonyl (C=O) groups excluding carboxylic acids is 2. The van der Waals surface area contributed by atoms with Crippen molar-refractivity contribution in [3.63, 3.8) is 0 Å². The number of nitrogens with zero attached hydrogens (tertiary/aromatic N) is 1. The maximum atomic E-state index is 12.8. The van der Waals surface area contributed by atoms with E-state index in [1.807, 2.05) is 37.3 Å². The largest absolute Gasteiger partial charge is 0.345 e. The molecule has 0 radical (unpaired) electrons. The zero-order valence-corrected chi connectivity index (χ0v) is 18.0. The molecule has 2 N–H and O–H groups in total. The van der Waals surface area contributed by atoms with Crippen LogP contribution in [0.15, 0.2) is 54.6 Å². The highest BCUT2D eigenvalue weighted by atomic mass is 32.2. The molecule has 2 atom stereocenters. The van der Waals surface area contributed by atoms with E-state index >= 15 is 0 Å². The molecule has 2 amide bonds. The van der Waals surface area contributed by atoms with Crippen LogP contribution in [0.5, 0.6) is 0 Å². The van der Waals surface area contributed by atoms with Crippen LogP contribution in [0.3, 0.4) is 0 Å². The van der Waals surface area contributed by atoms with E-state index in [9.17, 15) is 18.0 Å². The summed E-state index contributed by atoms with van der Waals surface area (Å²) in [4.78, 5) is 25.6. The molecule has 0 bridgehead atoms. The van der Waals surface area contributed by atoms with Crippen molar-refractivity contribution >= 4 is 27.5 Å². The van der Waals surface area contributed by atoms with Gasteiger partial charge < -0.3 is 10.6 Å². The zero-order valence-electron chi connectivity index (χ0n) is 17.2. The standard InChI is InChI=1S/C22H27N3O4S/c1-16(17-9-4-3-5-10-17)23-22(27)19-12-6-7-13-20(19)24-21(26)18-11-8-14-25(15-18)30(2,28)29/h3-7,9-10,12-13,16,18H,8,11,14-15H2,1-2H3,(H,23,27)(H,24,26)/t16-,18+/m0/s1. The van der Waals surface area contributed by atoms with Gasteiger partial charge in [0, 0.05) is 13.1 Å². The second-order valence-electron chi connectivity index (χ2n) is 7.60. The van der Waals surface area contributed by atoms with E-state index in [1.165, 1.54) is 4.31 Å². The fourth-order valence-electron chi connectivity index (χ4n) is 3.58. The van der Waals surface area contributed by atoms with E-state index in [4.69, 9.17) is 0 Å². The van der Waals surface area contributed by atoms with Gasteiger partial charge in [-0.05, 0) is 37.5 Å². The van der Waals surface area contributed by atoms with Crippen molar-refractivity contribution in [1.29, 1.82) is 0 Å². The highest BCUT2D eigenvalue weighted by Crippen LogP contribution is 2.23. The first-order chi connectivity index (χ1) is 14.3. The van der Waals surface area contributed by atoms with Crippen molar-refractivity contribution < 1.29 is 18.0 Å². The van der Waals surface area contributed by atoms with Crippen LogP contribution < -0.4 is 10.6 Å². The Labute approximate surface area is 177 Å². The van der Waals surface area contributed by atoms with Crippen molar-refractivity contribution in [2.45, 2.75) is 25.8 Å². The summed E-state index contributed by atoms with van der Waals surface area (Å²) in [5.74, 6) is -1.02. The smallest absolute Gasteiger partial charge is 0.253 e. The molecule has 1 aliphatic rings. The van der Waals surface area contributed by atoms with Gasteiger partial charge >= 0.3 is 0 Å². The third-order valence-corrected chi connectivity index (χ3v) is 6.57. The lowest BCUT2D eigenvalue weighted by atomic mass is 9.98. The lowest BCUT2D eigenvalue weighted by Crippen LogP contribution is -2.43. The molecule has 0 aromatic heterocycles. The normalized spacial score (nSPS) is 18.4. The van der Waals surface area contributed by atoms with Crippen LogP contribution in [0.2, 0.25) is 0 Å². The summed E-state index contributed by atoms with van der Waals surface area (Å²) >= 11 is 0. The van der Waals surface area contributed by atoms with Crippen LogP contribution in [-0.2, 0) is 14.8 Å². The lowest BCUT2D eigenvalue weighted by molar-refractivity contribution is -0.120. The van der Waals surface area contributed by atoms with Gasteiger partial charge in [0.25, 0.3) is 5.91 Å². The lowest BCUT2D eigenvalue weighted by Gasteiger charge is -2.30. The van der Waals surface area contributed by atoms with Crippen LogP contribution in [0.1, 0.15) is 41.7 Å². The Balaban J connectivity index is 1.70. The molecular weight excluding hydrogens is 402 g/mol. The summed E-state index contributed by atoms with van der Waals surface area (Å²) < 4.78 is 25.0. The summed E-state index contributed by atoms with van der Waals surface area (Å²) in [7, 11) is -3.34. The Morgan fingerprint density at radius 1 is 1.07 bits per heavy atom. The summed E-state index contributed by atoms with van der Waals surface area (Å²) in [6, 6.07) is 16.3. The topological polar surface area (TPSA) is 95.6 Å². The van der Waals surface area contributed by atoms with Gasteiger partial charge in [0.1, 0.15) is 0 Å². The van der Waals surface area contributed by atoms with Crippen LogP contribution in [0.25, 0.3) is 0 Å². The molecule has 160 valence electrons. The summed E-state index contributed by atoms with van der Waals surface area (Å²) in [6.07, 6.45) is 2.39. The third kappa shape index (κ3) is 5.46. The number of amides is 2. The SMILES string of the molecule is C[C@H](NC(=O)c1ccccc1NC(=O)[C@@H]1CCCN(S(C)(=O)=O)C1)c1ccccc1. The van der Waals surface area contributed by atoms with Crippen molar-refractivity contribution in [2.24, 2.45) is 5.92 Å². The molecule has 0 aliphatic carbocycles. The molecule has 2 aromatic rings. The number of nitrogens with one attached hydrogen (secondary N) is 2. The minimum Gasteiger partial charge on any atom is -0.345 e. The first-order valence-electron chi connectivity index (χ1n) is 9.96. The highest BCUT2D eigenvalue weighted by molar-refractivity contribution is 7.88. The van der Waals surface area contributed by atoms with Gasteiger partial charge in [-0.2, -0.15) is 0 Å². The number of hydrogen-bond donors (Lipinski definition) is 2. The van der Waals surface area contributed by atoms with E-state index in [-0.39, 0.29) is 24.4 Å². The molecule has 3 rings (SSSR count). The van der Waals surface area contributed by atoms with E-state index in [2.05, 4.69) is 10.6 Å². The number of para-hydroxylation sites is 1. The van der Waals surface area contributed by atoms with Crippen molar-refractivity contribution in [1.82, 2.24) is 9.62 Å². The third-order valence-electron chi connectivity index (χ3n) is 5.30. The number of anilines is 1. The molecule has 2 aromatic carbocycles. The van der Waals surface area contributed by atoms with E-state index in [0.29, 0.717) is 30.6 Å². The number of piperidine rings is 1. The molecule has 0 saturated carbocycles. The van der Waals surface area contributed by atoms with E-state index in [1.54, 1.807) is 24.3 Å².